The summed E-state index contributed by atoms with van der Waals surface area (Å²) in [4.78, 5) is 88.3. The number of benzene rings is 1. The lowest BCUT2D eigenvalue weighted by molar-refractivity contribution is -0.195. The summed E-state index contributed by atoms with van der Waals surface area (Å²) in [5, 5.41) is 33.5. The van der Waals surface area contributed by atoms with Gasteiger partial charge in [0.2, 0.25) is 30.4 Å². The normalized spacial score (nSPS) is 15.4. The minimum atomic E-state index is -1.16. The van der Waals surface area contributed by atoms with E-state index in [1.54, 1.807) is 31.1 Å². The molecule has 1 aromatic carbocycles. The van der Waals surface area contributed by atoms with Crippen molar-refractivity contribution in [2.75, 3.05) is 65.6 Å². The van der Waals surface area contributed by atoms with Crippen LogP contribution in [0.4, 0.5) is 5.69 Å². The minimum absolute atomic E-state index is 0.00535. The van der Waals surface area contributed by atoms with Crippen LogP contribution in [0.1, 0.15) is 84.1 Å². The number of ketones is 1. The number of carbonyl (C=O) groups excluding carboxylic acids is 7. The van der Waals surface area contributed by atoms with Gasteiger partial charge in [0.25, 0.3) is 0 Å². The molecule has 1 aromatic rings. The van der Waals surface area contributed by atoms with Crippen LogP contribution in [-0.2, 0) is 54.4 Å². The van der Waals surface area contributed by atoms with Crippen molar-refractivity contribution in [2.24, 2.45) is 5.73 Å². The lowest BCUT2D eigenvalue weighted by atomic mass is 10.1. The number of likely N-dealkylation sites (N-methyl/N-ethyl adjacent to an activating group) is 1. The van der Waals surface area contributed by atoms with Crippen LogP contribution in [0.2, 0.25) is 0 Å². The second-order valence-corrected chi connectivity index (χ2v) is 13.9. The van der Waals surface area contributed by atoms with Crippen molar-refractivity contribution in [3.05, 3.63) is 23.8 Å². The van der Waals surface area contributed by atoms with E-state index in [2.05, 4.69) is 16.4 Å². The summed E-state index contributed by atoms with van der Waals surface area (Å²) in [6.45, 7) is 8.66. The van der Waals surface area contributed by atoms with Crippen LogP contribution < -0.4 is 21.1 Å². The van der Waals surface area contributed by atoms with Crippen molar-refractivity contribution in [3.63, 3.8) is 0 Å². The zero-order valence-electron chi connectivity index (χ0n) is 36.2. The summed E-state index contributed by atoms with van der Waals surface area (Å²) in [7, 11) is 5.14. The Morgan fingerprint density at radius 2 is 1.63 bits per heavy atom. The number of nitrogens with one attached hydrogen (secondary N) is 2. The fourth-order valence-corrected chi connectivity index (χ4v) is 5.77. The maximum atomic E-state index is 12.7. The van der Waals surface area contributed by atoms with Gasteiger partial charge in [0.05, 0.1) is 23.6 Å². The van der Waals surface area contributed by atoms with Gasteiger partial charge in [0.15, 0.2) is 11.9 Å². The Bertz CT molecular complexity index is 1380. The molecule has 20 heteroatoms. The van der Waals surface area contributed by atoms with E-state index in [1.165, 1.54) is 23.6 Å². The van der Waals surface area contributed by atoms with Crippen LogP contribution >= 0.6 is 11.8 Å². The Morgan fingerprint density at radius 3 is 2.18 bits per heavy atom. The van der Waals surface area contributed by atoms with Gasteiger partial charge in [0.1, 0.15) is 32.0 Å². The van der Waals surface area contributed by atoms with Crippen molar-refractivity contribution in [1.29, 1.82) is 0 Å². The molecule has 4 amide bonds. The molecule has 1 aliphatic rings. The third-order valence-electron chi connectivity index (χ3n) is 8.04. The zero-order valence-corrected chi connectivity index (χ0v) is 37.0. The zero-order chi connectivity index (χ0) is 46.5. The molecule has 4 atom stereocenters. The Morgan fingerprint density at radius 1 is 1.02 bits per heavy atom. The van der Waals surface area contributed by atoms with Crippen LogP contribution in [0.25, 0.3) is 0 Å². The monoisotopic (exact) mass is 875 g/mol. The first-order valence-electron chi connectivity index (χ1n) is 19.6. The van der Waals surface area contributed by atoms with Crippen molar-refractivity contribution in [1.82, 2.24) is 15.1 Å². The smallest absolute Gasteiger partial charge is 0.333 e. The number of nitrogens with two attached hydrogens (primary N) is 1. The molecule has 0 aliphatic carbocycles. The molecule has 19 nitrogen and oxygen atoms in total. The highest BCUT2D eigenvalue weighted by Crippen LogP contribution is 2.30. The fraction of sp³-hybridized carbons (Fsp3) is 0.650. The average Bonchev–Trinajstić information content (AvgIpc) is 3.22. The molecule has 1 heterocycles. The van der Waals surface area contributed by atoms with E-state index in [0.717, 1.165) is 37.5 Å². The first-order chi connectivity index (χ1) is 28.7. The van der Waals surface area contributed by atoms with Gasteiger partial charge < -0.3 is 65.3 Å². The predicted octanol–water partition coefficient (Wildman–Crippen LogP) is 1.78. The molecule has 0 spiro atoms. The van der Waals surface area contributed by atoms with E-state index in [0.29, 0.717) is 37.4 Å². The molecule has 1 fully saturated rings. The number of primary amides is 1. The topological polar surface area (TPSA) is 282 Å². The van der Waals surface area contributed by atoms with Gasteiger partial charge in [-0.25, -0.2) is 4.79 Å². The highest BCUT2D eigenvalue weighted by molar-refractivity contribution is 7.99. The Hall–Kier alpha value is -4.47. The lowest BCUT2D eigenvalue weighted by Gasteiger charge is -2.31. The molecular formula is C40H69N5O14S. The van der Waals surface area contributed by atoms with Crippen molar-refractivity contribution in [3.8, 4) is 5.75 Å². The molecule has 60 heavy (non-hydrogen) atoms. The second kappa shape index (κ2) is 38.7. The Labute approximate surface area is 358 Å². The third-order valence-corrected chi connectivity index (χ3v) is 9.00. The highest BCUT2D eigenvalue weighted by Gasteiger charge is 2.34. The molecule has 0 aromatic heterocycles. The number of Topliss-reactive ketones (excluding diaryl/α,β-unsaturated/α-hetero) is 1. The van der Waals surface area contributed by atoms with Crippen LogP contribution in [0.3, 0.4) is 0 Å². The third kappa shape index (κ3) is 28.9. The van der Waals surface area contributed by atoms with Crippen LogP contribution in [0.15, 0.2) is 18.2 Å². The van der Waals surface area contributed by atoms with E-state index in [1.807, 2.05) is 40.0 Å². The van der Waals surface area contributed by atoms with Gasteiger partial charge in [-0.3, -0.25) is 24.0 Å². The van der Waals surface area contributed by atoms with Crippen molar-refractivity contribution < 1.29 is 67.9 Å². The number of carboxylic acid groups (broad SMARTS) is 1. The van der Waals surface area contributed by atoms with Gasteiger partial charge in [-0.05, 0) is 50.8 Å². The van der Waals surface area contributed by atoms with E-state index in [-0.39, 0.29) is 80.8 Å². The maximum Gasteiger partial charge on any atom is 0.333 e. The summed E-state index contributed by atoms with van der Waals surface area (Å²) in [6, 6.07) is 5.33. The van der Waals surface area contributed by atoms with Crippen LogP contribution in [0, 0.1) is 0 Å². The standard InChI is InChI=1S/C28H43N3O8S.C8H15NO4.C2H6.CH3NO.CH2O/c1-29-18-19-10-11-22(38-26-17-20(33)16-23(39-26)28(36)37)21(15-19)30-25(34)9-7-5-4-6-8-13-31(2)27(35)24(40-3)12-14-32;1-7(11)5-13-6-8(12)9(2)3-4-10;1-2;2-1-3;1-2/h10-11,14-15,20,23-24,26,29,33H,4-9,12-13,16-18H2,1-3H3,(H,30,34)(H,36,37);10H,3-6H2,1-2H3;1-2H3;1H,(H2,2,3);1H2. The quantitative estimate of drug-likeness (QED) is 0.0638. The molecule has 1 saturated heterocycles. The molecule has 0 saturated carbocycles. The summed E-state index contributed by atoms with van der Waals surface area (Å²) in [5.74, 6) is -1.36. The number of aliphatic carboxylic acids is 1. The first-order valence-corrected chi connectivity index (χ1v) is 20.8. The number of aliphatic hydroxyl groups is 2. The molecule has 0 bridgehead atoms. The highest BCUT2D eigenvalue weighted by atomic mass is 32.2. The second-order valence-electron chi connectivity index (χ2n) is 12.8. The average molecular weight is 876 g/mol. The van der Waals surface area contributed by atoms with Crippen LogP contribution in [0.5, 0.6) is 5.75 Å². The summed E-state index contributed by atoms with van der Waals surface area (Å²) < 4.78 is 16.2. The van der Waals surface area contributed by atoms with Gasteiger partial charge in [-0.1, -0.05) is 39.2 Å². The predicted molar refractivity (Wildman–Crippen MR) is 228 cm³/mol. The van der Waals surface area contributed by atoms with Crippen molar-refractivity contribution in [2.45, 2.75) is 109 Å². The Kier molecular flexibility index (Phi) is 38.6. The van der Waals surface area contributed by atoms with Gasteiger partial charge in [0, 0.05) is 59.4 Å². The maximum absolute atomic E-state index is 12.7. The summed E-state index contributed by atoms with van der Waals surface area (Å²) in [5.41, 5.74) is 5.55. The number of nitrogens with zero attached hydrogens (tertiary/aromatic N) is 2. The van der Waals surface area contributed by atoms with Gasteiger partial charge in [-0.2, -0.15) is 11.8 Å². The van der Waals surface area contributed by atoms with E-state index in [9.17, 15) is 39.0 Å². The van der Waals surface area contributed by atoms with Gasteiger partial charge in [-0.15, -0.1) is 0 Å². The van der Waals surface area contributed by atoms with E-state index < -0.39 is 24.5 Å². The lowest BCUT2D eigenvalue weighted by Crippen LogP contribution is -2.42. The number of ether oxygens (including phenoxy) is 3. The number of amides is 4. The summed E-state index contributed by atoms with van der Waals surface area (Å²) in [6.07, 6.45) is 4.86. The number of aldehydes is 1. The number of hydrogen-bond donors (Lipinski definition) is 6. The molecule has 2 rings (SSSR count). The van der Waals surface area contributed by atoms with E-state index in [4.69, 9.17) is 28.9 Å². The number of unbranched alkanes of at least 4 members (excludes halogenated alkanes) is 4. The number of hydrogen-bond acceptors (Lipinski definition) is 15. The largest absolute Gasteiger partial charge is 0.479 e. The Balaban J connectivity index is -0.00000135. The van der Waals surface area contributed by atoms with E-state index >= 15 is 0 Å². The molecule has 1 aliphatic heterocycles. The number of carboxylic acids is 1. The van der Waals surface area contributed by atoms with Gasteiger partial charge >= 0.3 is 5.97 Å². The molecule has 344 valence electrons. The molecule has 4 unspecified atom stereocenters. The molecule has 7 N–H and O–H groups in total. The number of aliphatic hydroxyl groups excluding tert-OH is 2. The van der Waals surface area contributed by atoms with Crippen molar-refractivity contribution >= 4 is 66.4 Å². The summed E-state index contributed by atoms with van der Waals surface area (Å²) >= 11 is 1.39. The SMILES string of the molecule is C=O.CC.CC(=O)COCC(=O)N(C)CCO.CNCc1ccc(OC2CC(O)CC(C(=O)O)O2)c(NC(=O)CCCCCCCN(C)C(=O)C(CC=O)SC)c1.NC=O. The molecule has 0 radical (unpaired) electrons. The number of carbonyl (C=O) groups is 8. The molecular weight excluding hydrogens is 807 g/mol. The van der Waals surface area contributed by atoms with Crippen LogP contribution in [-0.4, -0.2) is 158 Å². The minimum Gasteiger partial charge on any atom is -0.479 e. The number of thioether (sulfide) groups is 1. The fourth-order valence-electron chi connectivity index (χ4n) is 5.11. The first kappa shape index (κ1) is 59.8. The number of rotatable bonds is 24. The number of anilines is 1.